The van der Waals surface area contributed by atoms with Crippen molar-refractivity contribution in [3.8, 4) is 45.0 Å². The fourth-order valence-electron chi connectivity index (χ4n) is 12.0. The number of hydrogen-bond acceptors (Lipinski definition) is 5. The van der Waals surface area contributed by atoms with Gasteiger partial charge in [0.15, 0.2) is 5.82 Å². The molecule has 68 heavy (non-hydrogen) atoms. The minimum atomic E-state index is -0.238. The molecule has 4 aromatic heterocycles. The van der Waals surface area contributed by atoms with E-state index in [0.717, 1.165) is 51.1 Å². The highest BCUT2D eigenvalue weighted by Crippen LogP contribution is 2.71. The maximum Gasteiger partial charge on any atom is 0.160 e. The molecule has 5 heteroatoms. The normalized spacial score (nSPS) is 16.4. The first-order chi connectivity index (χ1) is 33.6. The van der Waals surface area contributed by atoms with Gasteiger partial charge < -0.3 is 4.42 Å². The standard InChI is InChI=1S/C63H36N2OS2/c1-2-12-36-29-47-45(27-35(36)11-1)46-28-37-13-3-4-14-38(37)32-51(46)63(34-52(47)63)50-24-23-43(61-60(50)44-17-5-8-18-55(44)66-61)54-33-53(39-21-25-58-48(30-39)41-15-6-9-19-56(41)67-58)64-62(65-54)40-22-26-59-49(31-40)42-16-7-10-20-57(42)68-59/h1-33,52H,34H2. The molecule has 2 aliphatic rings. The molecule has 2 aliphatic carbocycles. The van der Waals surface area contributed by atoms with Crippen molar-refractivity contribution < 1.29 is 4.42 Å². The van der Waals surface area contributed by atoms with E-state index >= 15 is 0 Å². The van der Waals surface area contributed by atoms with Crippen molar-refractivity contribution in [3.05, 3.63) is 217 Å². The molecule has 0 saturated heterocycles. The van der Waals surface area contributed by atoms with Gasteiger partial charge in [0, 0.05) is 73.2 Å². The minimum absolute atomic E-state index is 0.238. The maximum atomic E-state index is 7.14. The molecule has 10 aromatic carbocycles. The van der Waals surface area contributed by atoms with Crippen molar-refractivity contribution in [1.82, 2.24) is 9.97 Å². The second kappa shape index (κ2) is 13.6. The largest absolute Gasteiger partial charge is 0.455 e. The summed E-state index contributed by atoms with van der Waals surface area (Å²) in [6, 6.07) is 73.9. The van der Waals surface area contributed by atoms with Gasteiger partial charge in [-0.3, -0.25) is 0 Å². The van der Waals surface area contributed by atoms with Gasteiger partial charge in [-0.05, 0) is 141 Å². The van der Waals surface area contributed by atoms with Crippen molar-refractivity contribution in [2.45, 2.75) is 17.8 Å². The molecule has 0 radical (unpaired) electrons. The van der Waals surface area contributed by atoms with E-state index in [2.05, 4.69) is 200 Å². The van der Waals surface area contributed by atoms with Gasteiger partial charge in [-0.2, -0.15) is 0 Å². The summed E-state index contributed by atoms with van der Waals surface area (Å²) in [5.41, 5.74) is 13.1. The van der Waals surface area contributed by atoms with Crippen LogP contribution in [0, 0.1) is 0 Å². The summed E-state index contributed by atoms with van der Waals surface area (Å²) < 4.78 is 12.2. The molecule has 316 valence electrons. The topological polar surface area (TPSA) is 38.9 Å². The van der Waals surface area contributed by atoms with Crippen molar-refractivity contribution in [1.29, 1.82) is 0 Å². The quantitative estimate of drug-likeness (QED) is 0.177. The van der Waals surface area contributed by atoms with Gasteiger partial charge in [0.25, 0.3) is 0 Å². The molecule has 14 aromatic rings. The fraction of sp³-hybridized carbons (Fsp3) is 0.0476. The van der Waals surface area contributed by atoms with Gasteiger partial charge in [-0.1, -0.05) is 121 Å². The lowest BCUT2D eigenvalue weighted by atomic mass is 9.72. The molecule has 0 amide bonds. The second-order valence-corrected chi connectivity index (χ2v) is 21.0. The highest BCUT2D eigenvalue weighted by molar-refractivity contribution is 7.26. The van der Waals surface area contributed by atoms with E-state index in [1.54, 1.807) is 0 Å². The average molecular weight is 901 g/mol. The third-order valence-electron chi connectivity index (χ3n) is 15.2. The first kappa shape index (κ1) is 37.2. The lowest BCUT2D eigenvalue weighted by Crippen LogP contribution is -2.18. The summed E-state index contributed by atoms with van der Waals surface area (Å²) in [5, 5.41) is 12.4. The zero-order valence-electron chi connectivity index (χ0n) is 36.5. The molecule has 3 nitrogen and oxygen atoms in total. The fourth-order valence-corrected chi connectivity index (χ4v) is 14.2. The smallest absolute Gasteiger partial charge is 0.160 e. The van der Waals surface area contributed by atoms with E-state index < -0.39 is 0 Å². The van der Waals surface area contributed by atoms with E-state index in [9.17, 15) is 0 Å². The minimum Gasteiger partial charge on any atom is -0.455 e. The van der Waals surface area contributed by atoms with Crippen LogP contribution in [-0.4, -0.2) is 9.97 Å². The van der Waals surface area contributed by atoms with E-state index in [1.165, 1.54) is 95.1 Å². The van der Waals surface area contributed by atoms with Crippen molar-refractivity contribution in [2.24, 2.45) is 0 Å². The molecule has 2 atom stereocenters. The van der Waals surface area contributed by atoms with Gasteiger partial charge in [0.1, 0.15) is 11.2 Å². The van der Waals surface area contributed by atoms with Crippen LogP contribution in [0.3, 0.4) is 0 Å². The Morgan fingerprint density at radius 2 is 1.00 bits per heavy atom. The van der Waals surface area contributed by atoms with Crippen LogP contribution < -0.4 is 0 Å². The maximum absolute atomic E-state index is 7.14. The number of furan rings is 1. The number of rotatable bonds is 4. The predicted octanol–water partition coefficient (Wildman–Crippen LogP) is 17.9. The van der Waals surface area contributed by atoms with Crippen LogP contribution in [-0.2, 0) is 5.41 Å². The second-order valence-electron chi connectivity index (χ2n) is 18.8. The van der Waals surface area contributed by atoms with E-state index in [-0.39, 0.29) is 5.41 Å². The molecule has 0 spiro atoms. The van der Waals surface area contributed by atoms with Crippen LogP contribution in [0.15, 0.2) is 205 Å². The molecule has 2 unspecified atom stereocenters. The Bertz CT molecular complexity index is 4380. The van der Waals surface area contributed by atoms with Crippen molar-refractivity contribution in [3.63, 3.8) is 0 Å². The molecule has 16 rings (SSSR count). The van der Waals surface area contributed by atoms with Crippen molar-refractivity contribution in [2.75, 3.05) is 0 Å². The molecule has 1 fully saturated rings. The van der Waals surface area contributed by atoms with Crippen LogP contribution in [0.2, 0.25) is 0 Å². The number of para-hydroxylation sites is 1. The van der Waals surface area contributed by atoms with Gasteiger partial charge in [0.2, 0.25) is 0 Å². The van der Waals surface area contributed by atoms with Crippen LogP contribution >= 0.6 is 22.7 Å². The summed E-state index contributed by atoms with van der Waals surface area (Å²) in [5.74, 6) is 1.01. The summed E-state index contributed by atoms with van der Waals surface area (Å²) in [4.78, 5) is 11.0. The number of aromatic nitrogens is 2. The van der Waals surface area contributed by atoms with Gasteiger partial charge >= 0.3 is 0 Å². The molecular weight excluding hydrogens is 865 g/mol. The molecule has 4 heterocycles. The number of fused-ring (bicyclic) bond motifs is 17. The number of benzene rings is 10. The van der Waals surface area contributed by atoms with Crippen LogP contribution in [0.5, 0.6) is 0 Å². The zero-order chi connectivity index (χ0) is 44.2. The SMILES string of the molecule is c1ccc2cc3c(cc2c1)-c1cc2ccccc2cc1C1(c2ccc(-c4cc(-c5ccc6sc7ccccc7c6c5)nc(-c5ccc6sc7ccccc7c6c5)n4)c4oc5ccccc5c24)CC31. The highest BCUT2D eigenvalue weighted by Gasteiger charge is 2.61. The van der Waals surface area contributed by atoms with Gasteiger partial charge in [-0.15, -0.1) is 22.7 Å². The average Bonchev–Trinajstić information content (AvgIpc) is 3.65. The molecular formula is C63H36N2OS2. The molecule has 0 aliphatic heterocycles. The summed E-state index contributed by atoms with van der Waals surface area (Å²) in [7, 11) is 0. The van der Waals surface area contributed by atoms with Gasteiger partial charge in [-0.25, -0.2) is 9.97 Å². The summed E-state index contributed by atoms with van der Waals surface area (Å²) in [6.45, 7) is 0. The Labute approximate surface area is 398 Å². The first-order valence-corrected chi connectivity index (χ1v) is 25.0. The summed E-state index contributed by atoms with van der Waals surface area (Å²) in [6.07, 6.45) is 1.03. The molecule has 1 saturated carbocycles. The first-order valence-electron chi connectivity index (χ1n) is 23.4. The van der Waals surface area contributed by atoms with Crippen LogP contribution in [0.25, 0.3) is 129 Å². The molecule has 0 bridgehead atoms. The zero-order valence-corrected chi connectivity index (χ0v) is 38.1. The van der Waals surface area contributed by atoms with E-state index in [1.807, 2.05) is 22.7 Å². The van der Waals surface area contributed by atoms with Crippen LogP contribution in [0.4, 0.5) is 0 Å². The third-order valence-corrected chi connectivity index (χ3v) is 17.5. The van der Waals surface area contributed by atoms with E-state index in [4.69, 9.17) is 14.4 Å². The lowest BCUT2D eigenvalue weighted by molar-refractivity contribution is 0.669. The predicted molar refractivity (Wildman–Crippen MR) is 286 cm³/mol. The Kier molecular flexibility index (Phi) is 7.42. The van der Waals surface area contributed by atoms with Crippen LogP contribution in [0.1, 0.15) is 29.0 Å². The third kappa shape index (κ3) is 5.17. The lowest BCUT2D eigenvalue weighted by Gasteiger charge is -2.30. The summed E-state index contributed by atoms with van der Waals surface area (Å²) >= 11 is 3.66. The Hall–Kier alpha value is -7.96. The Morgan fingerprint density at radius 1 is 0.426 bits per heavy atom. The number of thiophene rings is 2. The highest BCUT2D eigenvalue weighted by atomic mass is 32.1. The Morgan fingerprint density at radius 3 is 1.74 bits per heavy atom. The molecule has 0 N–H and O–H groups in total. The number of nitrogens with zero attached hydrogens (tertiary/aromatic N) is 2. The monoisotopic (exact) mass is 900 g/mol. The number of hydrogen-bond donors (Lipinski definition) is 0. The van der Waals surface area contributed by atoms with E-state index in [0.29, 0.717) is 11.7 Å². The van der Waals surface area contributed by atoms with Crippen molar-refractivity contribution >= 4 is 107 Å². The van der Waals surface area contributed by atoms with Gasteiger partial charge in [0.05, 0.1) is 11.4 Å². The Balaban J connectivity index is 0.948.